The summed E-state index contributed by atoms with van der Waals surface area (Å²) in [6.07, 6.45) is 7.58. The first kappa shape index (κ1) is 14.5. The third-order valence-corrected chi connectivity index (χ3v) is 4.23. The molecular formula is C15H24O4. The molecule has 2 fully saturated rings. The molecule has 5 atom stereocenters. The molecule has 2 rings (SSSR count). The van der Waals surface area contributed by atoms with Gasteiger partial charge in [-0.05, 0) is 6.42 Å². The van der Waals surface area contributed by atoms with Crippen molar-refractivity contribution in [1.29, 1.82) is 0 Å². The Labute approximate surface area is 114 Å². The second kappa shape index (κ2) is 6.53. The van der Waals surface area contributed by atoms with Crippen molar-refractivity contribution >= 4 is 5.97 Å². The van der Waals surface area contributed by atoms with Crippen LogP contribution in [-0.2, 0) is 9.53 Å². The number of hydrogen-bond donors (Lipinski definition) is 2. The molecule has 1 saturated heterocycles. The number of carbonyl (C=O) groups is 1. The monoisotopic (exact) mass is 268 g/mol. The summed E-state index contributed by atoms with van der Waals surface area (Å²) >= 11 is 0. The second-order valence-electron chi connectivity index (χ2n) is 5.72. The van der Waals surface area contributed by atoms with Crippen LogP contribution in [0.4, 0.5) is 0 Å². The zero-order valence-electron chi connectivity index (χ0n) is 11.5. The average Bonchev–Trinajstić information content (AvgIpc) is 2.82. The lowest BCUT2D eigenvalue weighted by Crippen LogP contribution is -2.18. The van der Waals surface area contributed by atoms with Gasteiger partial charge in [0.15, 0.2) is 0 Å². The summed E-state index contributed by atoms with van der Waals surface area (Å²) in [4.78, 5) is 11.2. The predicted octanol–water partition coefficient (Wildman–Crippen LogP) is 1.80. The van der Waals surface area contributed by atoms with E-state index in [1.807, 2.05) is 6.08 Å². The van der Waals surface area contributed by atoms with E-state index in [1.165, 1.54) is 0 Å². The summed E-state index contributed by atoms with van der Waals surface area (Å²) in [5.41, 5.74) is 0. The van der Waals surface area contributed by atoms with E-state index in [-0.39, 0.29) is 23.9 Å². The molecule has 4 heteroatoms. The first-order valence-electron chi connectivity index (χ1n) is 7.35. The fraction of sp³-hybridized carbons (Fsp3) is 0.800. The topological polar surface area (TPSA) is 66.8 Å². The number of rotatable bonds is 6. The Bertz CT molecular complexity index is 339. The van der Waals surface area contributed by atoms with Crippen LogP contribution in [0, 0.1) is 11.8 Å². The molecule has 108 valence electrons. The highest BCUT2D eigenvalue weighted by molar-refractivity contribution is 5.72. The number of unbranched alkanes of at least 4 members (excludes halogenated alkanes) is 2. The summed E-state index contributed by atoms with van der Waals surface area (Å²) < 4.78 is 5.18. The van der Waals surface area contributed by atoms with Crippen LogP contribution in [0.5, 0.6) is 0 Å². The highest BCUT2D eigenvalue weighted by Gasteiger charge is 2.48. The van der Waals surface area contributed by atoms with E-state index in [0.717, 1.165) is 25.7 Å². The number of fused-ring (bicyclic) bond motifs is 1. The largest absolute Gasteiger partial charge is 0.462 e. The molecular weight excluding hydrogens is 244 g/mol. The summed E-state index contributed by atoms with van der Waals surface area (Å²) in [5.74, 6) is -0.136. The SMILES string of the molecule is CCCCC[C@H](O)/C=C/[C@H]1[C@H]2CC(=O)O[C@@H]2C[C@H]1O. The quantitative estimate of drug-likeness (QED) is 0.438. The molecule has 0 bridgehead atoms. The van der Waals surface area contributed by atoms with Crippen LogP contribution < -0.4 is 0 Å². The fourth-order valence-electron chi connectivity index (χ4n) is 3.14. The Morgan fingerprint density at radius 2 is 2.26 bits per heavy atom. The van der Waals surface area contributed by atoms with Gasteiger partial charge in [-0.2, -0.15) is 0 Å². The van der Waals surface area contributed by atoms with Crippen LogP contribution in [0.3, 0.4) is 0 Å². The Kier molecular flexibility index (Phi) is 4.99. The van der Waals surface area contributed by atoms with Gasteiger partial charge in [-0.15, -0.1) is 0 Å². The van der Waals surface area contributed by atoms with E-state index < -0.39 is 12.2 Å². The second-order valence-corrected chi connectivity index (χ2v) is 5.72. The first-order valence-corrected chi connectivity index (χ1v) is 7.35. The number of hydrogen-bond acceptors (Lipinski definition) is 4. The molecule has 2 N–H and O–H groups in total. The van der Waals surface area contributed by atoms with E-state index in [1.54, 1.807) is 6.08 Å². The molecule has 0 aromatic heterocycles. The van der Waals surface area contributed by atoms with E-state index in [9.17, 15) is 15.0 Å². The molecule has 19 heavy (non-hydrogen) atoms. The van der Waals surface area contributed by atoms with Crippen molar-refractivity contribution < 1.29 is 19.7 Å². The number of ether oxygens (including phenoxy) is 1. The Balaban J connectivity index is 1.85. The lowest BCUT2D eigenvalue weighted by molar-refractivity contribution is -0.141. The van der Waals surface area contributed by atoms with E-state index in [4.69, 9.17) is 4.74 Å². The zero-order chi connectivity index (χ0) is 13.8. The summed E-state index contributed by atoms with van der Waals surface area (Å²) in [6.45, 7) is 2.13. The summed E-state index contributed by atoms with van der Waals surface area (Å²) in [7, 11) is 0. The van der Waals surface area contributed by atoms with Gasteiger partial charge in [0.1, 0.15) is 6.10 Å². The zero-order valence-corrected chi connectivity index (χ0v) is 11.5. The molecule has 0 unspecified atom stereocenters. The summed E-state index contributed by atoms with van der Waals surface area (Å²) in [5, 5.41) is 19.8. The lowest BCUT2D eigenvalue weighted by Gasteiger charge is -2.15. The van der Waals surface area contributed by atoms with Crippen molar-refractivity contribution in [2.45, 2.75) is 63.8 Å². The van der Waals surface area contributed by atoms with E-state index in [2.05, 4.69) is 6.92 Å². The van der Waals surface area contributed by atoms with Gasteiger partial charge >= 0.3 is 5.97 Å². The van der Waals surface area contributed by atoms with Crippen LogP contribution in [0.2, 0.25) is 0 Å². The van der Waals surface area contributed by atoms with Crippen LogP contribution in [0.1, 0.15) is 45.4 Å². The molecule has 0 radical (unpaired) electrons. The van der Waals surface area contributed by atoms with Gasteiger partial charge in [-0.1, -0.05) is 38.3 Å². The molecule has 1 heterocycles. The minimum absolute atomic E-state index is 0.0581. The maximum Gasteiger partial charge on any atom is 0.306 e. The van der Waals surface area contributed by atoms with Gasteiger partial charge in [0.25, 0.3) is 0 Å². The number of aliphatic hydroxyl groups excluding tert-OH is 2. The van der Waals surface area contributed by atoms with Gasteiger partial charge < -0.3 is 14.9 Å². The Hall–Kier alpha value is -0.870. The Morgan fingerprint density at radius 1 is 1.47 bits per heavy atom. The van der Waals surface area contributed by atoms with Crippen LogP contribution in [0.15, 0.2) is 12.2 Å². The first-order chi connectivity index (χ1) is 9.11. The maximum atomic E-state index is 11.2. The van der Waals surface area contributed by atoms with Crippen molar-refractivity contribution in [1.82, 2.24) is 0 Å². The normalized spacial score (nSPS) is 35.6. The molecule has 1 aliphatic carbocycles. The molecule has 1 aliphatic heterocycles. The molecule has 0 amide bonds. The van der Waals surface area contributed by atoms with Crippen molar-refractivity contribution in [3.05, 3.63) is 12.2 Å². The fourth-order valence-corrected chi connectivity index (χ4v) is 3.14. The smallest absolute Gasteiger partial charge is 0.306 e. The van der Waals surface area contributed by atoms with Gasteiger partial charge in [-0.25, -0.2) is 0 Å². The van der Waals surface area contributed by atoms with Crippen LogP contribution in [0.25, 0.3) is 0 Å². The number of carbonyl (C=O) groups excluding carboxylic acids is 1. The molecule has 0 spiro atoms. The summed E-state index contributed by atoms with van der Waals surface area (Å²) in [6, 6.07) is 0. The van der Waals surface area contributed by atoms with Crippen molar-refractivity contribution in [3.63, 3.8) is 0 Å². The molecule has 2 aliphatic rings. The average molecular weight is 268 g/mol. The highest BCUT2D eigenvalue weighted by atomic mass is 16.6. The molecule has 1 saturated carbocycles. The van der Waals surface area contributed by atoms with Gasteiger partial charge in [-0.3, -0.25) is 4.79 Å². The standard InChI is InChI=1S/C15H24O4/c1-2-3-4-5-10(16)6-7-11-12-8-15(18)19-14(12)9-13(11)17/h6-7,10-14,16-17H,2-5,8-9H2,1H3/b7-6+/t10-,11-,12+,13+,14+/m0/s1. The van der Waals surface area contributed by atoms with Gasteiger partial charge in [0.05, 0.1) is 18.6 Å². The van der Waals surface area contributed by atoms with Crippen molar-refractivity contribution in [2.75, 3.05) is 0 Å². The highest BCUT2D eigenvalue weighted by Crippen LogP contribution is 2.42. The van der Waals surface area contributed by atoms with Crippen LogP contribution in [-0.4, -0.2) is 34.5 Å². The number of aliphatic hydroxyl groups is 2. The predicted molar refractivity (Wildman–Crippen MR) is 71.4 cm³/mol. The minimum atomic E-state index is -0.456. The third kappa shape index (κ3) is 3.57. The maximum absolute atomic E-state index is 11.2. The molecule has 0 aromatic carbocycles. The van der Waals surface area contributed by atoms with E-state index >= 15 is 0 Å². The lowest BCUT2D eigenvalue weighted by atomic mass is 9.91. The van der Waals surface area contributed by atoms with Crippen LogP contribution >= 0.6 is 0 Å². The van der Waals surface area contributed by atoms with Crippen molar-refractivity contribution in [2.24, 2.45) is 11.8 Å². The van der Waals surface area contributed by atoms with E-state index in [0.29, 0.717) is 12.8 Å². The molecule has 0 aromatic rings. The van der Waals surface area contributed by atoms with Crippen molar-refractivity contribution in [3.8, 4) is 0 Å². The van der Waals surface area contributed by atoms with Gasteiger partial charge in [0, 0.05) is 18.3 Å². The van der Waals surface area contributed by atoms with Gasteiger partial charge in [0.2, 0.25) is 0 Å². The Morgan fingerprint density at radius 3 is 3.00 bits per heavy atom. The molecule has 4 nitrogen and oxygen atoms in total. The number of esters is 1. The minimum Gasteiger partial charge on any atom is -0.462 e. The third-order valence-electron chi connectivity index (χ3n) is 4.23.